The Hall–Kier alpha value is -3.11. The SMILES string of the molecule is CO/N=C/c1ccc(-c2ccccc2NC(=O)c2ccccc2Cl)cc1. The molecule has 0 unspecified atom stereocenters. The zero-order valence-electron chi connectivity index (χ0n) is 14.1. The number of amides is 1. The fourth-order valence-electron chi connectivity index (χ4n) is 2.54. The summed E-state index contributed by atoms with van der Waals surface area (Å²) in [5.41, 5.74) is 3.98. The quantitative estimate of drug-likeness (QED) is 0.497. The van der Waals surface area contributed by atoms with Crippen LogP contribution in [0, 0.1) is 0 Å². The smallest absolute Gasteiger partial charge is 0.257 e. The first kappa shape index (κ1) is 17.7. The van der Waals surface area contributed by atoms with Crippen molar-refractivity contribution in [1.29, 1.82) is 0 Å². The van der Waals surface area contributed by atoms with Crippen LogP contribution in [0.5, 0.6) is 0 Å². The second-order valence-electron chi connectivity index (χ2n) is 5.52. The molecule has 3 aromatic carbocycles. The van der Waals surface area contributed by atoms with Crippen molar-refractivity contribution in [3.63, 3.8) is 0 Å². The van der Waals surface area contributed by atoms with E-state index in [1.54, 1.807) is 30.5 Å². The molecule has 0 aliphatic heterocycles. The molecule has 3 rings (SSSR count). The number of rotatable bonds is 5. The van der Waals surface area contributed by atoms with Crippen LogP contribution in [0.2, 0.25) is 5.02 Å². The number of hydrogen-bond acceptors (Lipinski definition) is 3. The molecule has 0 spiro atoms. The Morgan fingerprint density at radius 2 is 1.69 bits per heavy atom. The van der Waals surface area contributed by atoms with Crippen molar-refractivity contribution in [3.05, 3.63) is 88.9 Å². The van der Waals surface area contributed by atoms with Crippen molar-refractivity contribution in [2.75, 3.05) is 12.4 Å². The summed E-state index contributed by atoms with van der Waals surface area (Å²) in [5.74, 6) is -0.244. The second-order valence-corrected chi connectivity index (χ2v) is 5.93. The molecular weight excluding hydrogens is 348 g/mol. The average Bonchev–Trinajstić information content (AvgIpc) is 2.67. The number of halogens is 1. The maximum Gasteiger partial charge on any atom is 0.257 e. The minimum atomic E-state index is -0.244. The molecule has 0 aliphatic carbocycles. The van der Waals surface area contributed by atoms with Crippen LogP contribution in [-0.4, -0.2) is 19.2 Å². The summed E-state index contributed by atoms with van der Waals surface area (Å²) in [6.07, 6.45) is 1.63. The Bertz CT molecular complexity index is 937. The summed E-state index contributed by atoms with van der Waals surface area (Å²) in [7, 11) is 1.50. The highest BCUT2D eigenvalue weighted by atomic mass is 35.5. The average molecular weight is 365 g/mol. The largest absolute Gasteiger partial charge is 0.399 e. The van der Waals surface area contributed by atoms with Gasteiger partial charge in [-0.25, -0.2) is 0 Å². The Morgan fingerprint density at radius 3 is 2.42 bits per heavy atom. The number of anilines is 1. The summed E-state index contributed by atoms with van der Waals surface area (Å²) in [5, 5.41) is 7.11. The molecule has 1 amide bonds. The molecular formula is C21H17ClN2O2. The summed E-state index contributed by atoms with van der Waals surface area (Å²) in [6.45, 7) is 0. The molecule has 0 atom stereocenters. The van der Waals surface area contributed by atoms with E-state index in [1.807, 2.05) is 48.5 Å². The van der Waals surface area contributed by atoms with Crippen LogP contribution < -0.4 is 5.32 Å². The first-order chi connectivity index (χ1) is 12.7. The van der Waals surface area contributed by atoms with Gasteiger partial charge in [0, 0.05) is 11.3 Å². The van der Waals surface area contributed by atoms with Crippen molar-refractivity contribution in [3.8, 4) is 11.1 Å². The molecule has 0 bridgehead atoms. The molecule has 4 nitrogen and oxygen atoms in total. The van der Waals surface area contributed by atoms with Crippen LogP contribution in [0.15, 0.2) is 78.0 Å². The maximum absolute atomic E-state index is 12.6. The number of carbonyl (C=O) groups is 1. The Balaban J connectivity index is 1.88. The van der Waals surface area contributed by atoms with Crippen LogP contribution in [0.25, 0.3) is 11.1 Å². The molecule has 130 valence electrons. The lowest BCUT2D eigenvalue weighted by Crippen LogP contribution is -2.13. The number of benzene rings is 3. The zero-order chi connectivity index (χ0) is 18.4. The van der Waals surface area contributed by atoms with Crippen LogP contribution in [0.1, 0.15) is 15.9 Å². The topological polar surface area (TPSA) is 50.7 Å². The van der Waals surface area contributed by atoms with Crippen molar-refractivity contribution >= 4 is 29.4 Å². The summed E-state index contributed by atoms with van der Waals surface area (Å²) < 4.78 is 0. The molecule has 0 saturated heterocycles. The maximum atomic E-state index is 12.6. The standard InChI is InChI=1S/C21H17ClN2O2/c1-26-23-14-15-10-12-16(13-11-15)17-6-3-5-9-20(17)24-21(25)18-7-2-4-8-19(18)22/h2-14H,1H3,(H,24,25)/b23-14+. The van der Waals surface area contributed by atoms with Crippen molar-refractivity contribution in [2.24, 2.45) is 5.16 Å². The predicted octanol–water partition coefficient (Wildman–Crippen LogP) is 5.24. The highest BCUT2D eigenvalue weighted by Gasteiger charge is 2.12. The molecule has 0 heterocycles. The van der Waals surface area contributed by atoms with Gasteiger partial charge in [-0.3, -0.25) is 4.79 Å². The van der Waals surface area contributed by atoms with Crippen molar-refractivity contribution in [1.82, 2.24) is 0 Å². The van der Waals surface area contributed by atoms with Crippen LogP contribution in [0.4, 0.5) is 5.69 Å². The fraction of sp³-hybridized carbons (Fsp3) is 0.0476. The first-order valence-corrected chi connectivity index (χ1v) is 8.38. The predicted molar refractivity (Wildman–Crippen MR) is 106 cm³/mol. The zero-order valence-corrected chi connectivity index (χ0v) is 14.9. The van der Waals surface area contributed by atoms with E-state index in [0.29, 0.717) is 10.6 Å². The third-order valence-electron chi connectivity index (χ3n) is 3.82. The molecule has 1 N–H and O–H groups in total. The molecule has 5 heteroatoms. The Labute approximate surface area is 157 Å². The third-order valence-corrected chi connectivity index (χ3v) is 4.15. The lowest BCUT2D eigenvalue weighted by molar-refractivity contribution is 0.102. The molecule has 0 fully saturated rings. The molecule has 0 saturated carbocycles. The number of nitrogens with one attached hydrogen (secondary N) is 1. The monoisotopic (exact) mass is 364 g/mol. The minimum absolute atomic E-state index is 0.244. The van der Waals surface area contributed by atoms with E-state index >= 15 is 0 Å². The Morgan fingerprint density at radius 1 is 1.00 bits per heavy atom. The van der Waals surface area contributed by atoms with Gasteiger partial charge >= 0.3 is 0 Å². The fourth-order valence-corrected chi connectivity index (χ4v) is 2.76. The van der Waals surface area contributed by atoms with E-state index in [1.165, 1.54) is 7.11 Å². The van der Waals surface area contributed by atoms with E-state index < -0.39 is 0 Å². The van der Waals surface area contributed by atoms with Crippen LogP contribution in [0.3, 0.4) is 0 Å². The van der Waals surface area contributed by atoms with E-state index in [-0.39, 0.29) is 5.91 Å². The van der Waals surface area contributed by atoms with Gasteiger partial charge < -0.3 is 10.2 Å². The van der Waals surface area contributed by atoms with Gasteiger partial charge in [0.05, 0.1) is 16.8 Å². The lowest BCUT2D eigenvalue weighted by atomic mass is 10.0. The van der Waals surface area contributed by atoms with Gasteiger partial charge in [-0.05, 0) is 29.3 Å². The number of nitrogens with zero attached hydrogens (tertiary/aromatic N) is 1. The number of para-hydroxylation sites is 1. The summed E-state index contributed by atoms with van der Waals surface area (Å²) in [6, 6.07) is 22.4. The van der Waals surface area contributed by atoms with E-state index in [2.05, 4.69) is 15.3 Å². The van der Waals surface area contributed by atoms with Gasteiger partial charge in [-0.2, -0.15) is 0 Å². The van der Waals surface area contributed by atoms with Gasteiger partial charge in [-0.15, -0.1) is 0 Å². The number of oxime groups is 1. The highest BCUT2D eigenvalue weighted by molar-refractivity contribution is 6.34. The van der Waals surface area contributed by atoms with Gasteiger partial charge in [0.1, 0.15) is 7.11 Å². The number of carbonyl (C=O) groups excluding carboxylic acids is 1. The van der Waals surface area contributed by atoms with E-state index in [9.17, 15) is 4.79 Å². The van der Waals surface area contributed by atoms with Gasteiger partial charge in [0.15, 0.2) is 0 Å². The third kappa shape index (κ3) is 4.10. The summed E-state index contributed by atoms with van der Waals surface area (Å²) >= 11 is 6.12. The lowest BCUT2D eigenvalue weighted by Gasteiger charge is -2.12. The van der Waals surface area contributed by atoms with E-state index in [4.69, 9.17) is 11.6 Å². The molecule has 0 aromatic heterocycles. The Kier molecular flexibility index (Phi) is 5.66. The van der Waals surface area contributed by atoms with Crippen molar-refractivity contribution in [2.45, 2.75) is 0 Å². The summed E-state index contributed by atoms with van der Waals surface area (Å²) in [4.78, 5) is 17.3. The van der Waals surface area contributed by atoms with Gasteiger partial charge in [-0.1, -0.05) is 71.4 Å². The first-order valence-electron chi connectivity index (χ1n) is 8.01. The molecule has 0 radical (unpaired) electrons. The van der Waals surface area contributed by atoms with Gasteiger partial charge in [0.25, 0.3) is 5.91 Å². The molecule has 26 heavy (non-hydrogen) atoms. The molecule has 0 aliphatic rings. The normalized spacial score (nSPS) is 10.7. The van der Waals surface area contributed by atoms with Crippen LogP contribution >= 0.6 is 11.6 Å². The van der Waals surface area contributed by atoms with Gasteiger partial charge in [0.2, 0.25) is 0 Å². The minimum Gasteiger partial charge on any atom is -0.399 e. The second kappa shape index (κ2) is 8.32. The van der Waals surface area contributed by atoms with E-state index in [0.717, 1.165) is 22.4 Å². The molecule has 3 aromatic rings. The van der Waals surface area contributed by atoms with Crippen molar-refractivity contribution < 1.29 is 9.63 Å². The van der Waals surface area contributed by atoms with Crippen LogP contribution in [-0.2, 0) is 4.84 Å². The highest BCUT2D eigenvalue weighted by Crippen LogP contribution is 2.29. The number of hydrogen-bond donors (Lipinski definition) is 1.